The third-order valence-corrected chi connectivity index (χ3v) is 5.15. The van der Waals surface area contributed by atoms with Crippen LogP contribution < -0.4 is 11.2 Å². The summed E-state index contributed by atoms with van der Waals surface area (Å²) in [5.41, 5.74) is 9.93. The SMILES string of the molecule is CC1CCCCN1Cc1c(C(=O)NN=Cc2ccccc2)nnn1-c1nonc1N. The number of carbonyl (C=O) groups excluding carboxylic acids is 1. The molecule has 1 aromatic carbocycles. The lowest BCUT2D eigenvalue weighted by Gasteiger charge is -2.33. The number of hydrogen-bond donors (Lipinski definition) is 2. The molecular weight excluding hydrogens is 386 g/mol. The molecule has 0 bridgehead atoms. The first-order valence-electron chi connectivity index (χ1n) is 9.79. The van der Waals surface area contributed by atoms with Crippen molar-refractivity contribution in [2.24, 2.45) is 5.10 Å². The lowest BCUT2D eigenvalue weighted by Crippen LogP contribution is -2.38. The number of amides is 1. The number of benzene rings is 1. The van der Waals surface area contributed by atoms with Crippen LogP contribution in [0.4, 0.5) is 5.82 Å². The number of nitrogens with zero attached hydrogens (tertiary/aromatic N) is 7. The molecule has 11 heteroatoms. The van der Waals surface area contributed by atoms with E-state index in [2.05, 4.69) is 43.0 Å². The van der Waals surface area contributed by atoms with Crippen LogP contribution in [0.1, 0.15) is 47.9 Å². The molecule has 1 atom stereocenters. The number of rotatable bonds is 6. The Morgan fingerprint density at radius 1 is 1.33 bits per heavy atom. The fourth-order valence-electron chi connectivity index (χ4n) is 3.47. The van der Waals surface area contributed by atoms with E-state index in [1.165, 1.54) is 11.1 Å². The maximum Gasteiger partial charge on any atom is 0.293 e. The molecule has 1 aliphatic rings. The third-order valence-electron chi connectivity index (χ3n) is 5.15. The van der Waals surface area contributed by atoms with E-state index in [0.717, 1.165) is 24.9 Å². The number of piperidine rings is 1. The zero-order chi connectivity index (χ0) is 20.9. The summed E-state index contributed by atoms with van der Waals surface area (Å²) in [6.45, 7) is 3.56. The Morgan fingerprint density at radius 3 is 2.90 bits per heavy atom. The van der Waals surface area contributed by atoms with Gasteiger partial charge in [0.2, 0.25) is 11.6 Å². The largest absolute Gasteiger partial charge is 0.378 e. The Bertz CT molecular complexity index is 1030. The first-order valence-corrected chi connectivity index (χ1v) is 9.79. The van der Waals surface area contributed by atoms with Gasteiger partial charge in [-0.05, 0) is 42.2 Å². The van der Waals surface area contributed by atoms with Crippen molar-refractivity contribution < 1.29 is 9.42 Å². The van der Waals surface area contributed by atoms with E-state index in [1.807, 2.05) is 30.3 Å². The van der Waals surface area contributed by atoms with Gasteiger partial charge in [0.05, 0.1) is 11.9 Å². The molecule has 0 spiro atoms. The van der Waals surface area contributed by atoms with Crippen LogP contribution in [-0.4, -0.2) is 54.9 Å². The molecule has 3 N–H and O–H groups in total. The summed E-state index contributed by atoms with van der Waals surface area (Å²) in [7, 11) is 0. The number of anilines is 1. The monoisotopic (exact) mass is 409 g/mol. The van der Waals surface area contributed by atoms with E-state index in [4.69, 9.17) is 10.4 Å². The van der Waals surface area contributed by atoms with E-state index >= 15 is 0 Å². The number of likely N-dealkylation sites (tertiary alicyclic amines) is 1. The third kappa shape index (κ3) is 4.20. The van der Waals surface area contributed by atoms with Crippen molar-refractivity contribution >= 4 is 17.9 Å². The Labute approximate surface area is 172 Å². The molecule has 1 amide bonds. The number of aromatic nitrogens is 5. The van der Waals surface area contributed by atoms with E-state index in [-0.39, 0.29) is 17.3 Å². The maximum absolute atomic E-state index is 12.8. The van der Waals surface area contributed by atoms with Crippen molar-refractivity contribution in [3.05, 3.63) is 47.3 Å². The quantitative estimate of drug-likeness (QED) is 0.459. The van der Waals surface area contributed by atoms with E-state index in [0.29, 0.717) is 18.3 Å². The average Bonchev–Trinajstić information content (AvgIpc) is 3.36. The minimum Gasteiger partial charge on any atom is -0.378 e. The smallest absolute Gasteiger partial charge is 0.293 e. The van der Waals surface area contributed by atoms with Gasteiger partial charge in [-0.25, -0.2) is 10.1 Å². The van der Waals surface area contributed by atoms with Gasteiger partial charge >= 0.3 is 0 Å². The van der Waals surface area contributed by atoms with Gasteiger partial charge in [0.1, 0.15) is 0 Å². The van der Waals surface area contributed by atoms with Crippen molar-refractivity contribution in [1.82, 2.24) is 35.6 Å². The summed E-state index contributed by atoms with van der Waals surface area (Å²) >= 11 is 0. The van der Waals surface area contributed by atoms with Crippen LogP contribution in [0.2, 0.25) is 0 Å². The first-order chi connectivity index (χ1) is 14.6. The predicted molar refractivity (Wildman–Crippen MR) is 109 cm³/mol. The van der Waals surface area contributed by atoms with Crippen LogP contribution in [0.5, 0.6) is 0 Å². The van der Waals surface area contributed by atoms with Crippen LogP contribution in [0, 0.1) is 0 Å². The topological polar surface area (TPSA) is 140 Å². The molecule has 1 fully saturated rings. The number of hydrogen-bond acceptors (Lipinski definition) is 9. The Hall–Kier alpha value is -3.60. The average molecular weight is 409 g/mol. The van der Waals surface area contributed by atoms with E-state index < -0.39 is 5.91 Å². The van der Waals surface area contributed by atoms with Gasteiger partial charge in [0.25, 0.3) is 5.91 Å². The molecule has 0 aliphatic carbocycles. The molecule has 2 aromatic heterocycles. The molecule has 30 heavy (non-hydrogen) atoms. The van der Waals surface area contributed by atoms with Crippen molar-refractivity contribution in [1.29, 1.82) is 0 Å². The van der Waals surface area contributed by atoms with E-state index in [1.54, 1.807) is 6.21 Å². The molecule has 3 aromatic rings. The highest BCUT2D eigenvalue weighted by Gasteiger charge is 2.27. The van der Waals surface area contributed by atoms with Gasteiger partial charge in [-0.2, -0.15) is 9.78 Å². The zero-order valence-electron chi connectivity index (χ0n) is 16.6. The Kier molecular flexibility index (Phi) is 5.80. The summed E-state index contributed by atoms with van der Waals surface area (Å²) in [4.78, 5) is 15.1. The second kappa shape index (κ2) is 8.82. The van der Waals surface area contributed by atoms with Gasteiger partial charge in [0.15, 0.2) is 5.69 Å². The van der Waals surface area contributed by atoms with Crippen LogP contribution in [0.25, 0.3) is 5.82 Å². The van der Waals surface area contributed by atoms with Gasteiger partial charge in [-0.15, -0.1) is 5.10 Å². The molecule has 0 saturated carbocycles. The van der Waals surface area contributed by atoms with E-state index in [9.17, 15) is 4.79 Å². The second-order valence-corrected chi connectivity index (χ2v) is 7.19. The molecule has 1 saturated heterocycles. The van der Waals surface area contributed by atoms with Gasteiger partial charge < -0.3 is 5.73 Å². The van der Waals surface area contributed by atoms with Crippen molar-refractivity contribution in [2.45, 2.75) is 38.8 Å². The molecule has 0 radical (unpaired) electrons. The number of hydrazone groups is 1. The fourth-order valence-corrected chi connectivity index (χ4v) is 3.47. The molecule has 156 valence electrons. The summed E-state index contributed by atoms with van der Waals surface area (Å²) in [5, 5.41) is 19.6. The second-order valence-electron chi connectivity index (χ2n) is 7.19. The summed E-state index contributed by atoms with van der Waals surface area (Å²) in [6, 6.07) is 9.84. The summed E-state index contributed by atoms with van der Waals surface area (Å²) in [6.07, 6.45) is 4.95. The summed E-state index contributed by atoms with van der Waals surface area (Å²) in [5.74, 6) is -0.195. The fraction of sp³-hybridized carbons (Fsp3) is 0.368. The number of nitrogen functional groups attached to an aromatic ring is 1. The molecule has 1 unspecified atom stereocenters. The van der Waals surface area contributed by atoms with Crippen LogP contribution in [0.3, 0.4) is 0 Å². The van der Waals surface area contributed by atoms with Crippen LogP contribution in [0.15, 0.2) is 40.1 Å². The molecule has 1 aliphatic heterocycles. The molecule has 11 nitrogen and oxygen atoms in total. The molecule has 4 rings (SSSR count). The zero-order valence-corrected chi connectivity index (χ0v) is 16.6. The standard InChI is InChI=1S/C19H23N9O2/c1-13-7-5-6-10-27(13)12-15-16(22-26-28(15)18-17(20)24-30-25-18)19(29)23-21-11-14-8-3-2-4-9-14/h2-4,8-9,11,13H,5-7,10,12H2,1H3,(H2,20,24)(H,23,29). The van der Waals surface area contributed by atoms with Crippen molar-refractivity contribution in [3.8, 4) is 5.82 Å². The molecular formula is C19H23N9O2. The minimum atomic E-state index is -0.469. The Morgan fingerprint density at radius 2 is 2.17 bits per heavy atom. The maximum atomic E-state index is 12.8. The van der Waals surface area contributed by atoms with Crippen molar-refractivity contribution in [2.75, 3.05) is 12.3 Å². The number of carbonyl (C=O) groups is 1. The van der Waals surface area contributed by atoms with Crippen LogP contribution in [-0.2, 0) is 6.54 Å². The molecule has 3 heterocycles. The number of nitrogens with one attached hydrogen (secondary N) is 1. The first kappa shape index (κ1) is 19.7. The highest BCUT2D eigenvalue weighted by atomic mass is 16.6. The summed E-state index contributed by atoms with van der Waals surface area (Å²) < 4.78 is 6.10. The van der Waals surface area contributed by atoms with Crippen LogP contribution >= 0.6 is 0 Å². The highest BCUT2D eigenvalue weighted by molar-refractivity contribution is 5.94. The normalized spacial score (nSPS) is 17.4. The van der Waals surface area contributed by atoms with Gasteiger partial charge in [-0.1, -0.05) is 42.0 Å². The lowest BCUT2D eigenvalue weighted by molar-refractivity contribution is 0.0945. The number of nitrogens with two attached hydrogens (primary N) is 1. The Balaban J connectivity index is 1.60. The lowest BCUT2D eigenvalue weighted by atomic mass is 10.0. The van der Waals surface area contributed by atoms with Gasteiger partial charge in [-0.3, -0.25) is 9.69 Å². The van der Waals surface area contributed by atoms with Crippen molar-refractivity contribution in [3.63, 3.8) is 0 Å². The van der Waals surface area contributed by atoms with Gasteiger partial charge in [0, 0.05) is 12.6 Å². The predicted octanol–water partition coefficient (Wildman–Crippen LogP) is 1.37. The minimum absolute atomic E-state index is 0.0712. The highest BCUT2D eigenvalue weighted by Crippen LogP contribution is 2.22.